The van der Waals surface area contributed by atoms with Crippen molar-refractivity contribution in [2.45, 2.75) is 45.4 Å². The number of carbonyl (C=O) groups is 1. The van der Waals surface area contributed by atoms with Gasteiger partial charge in [-0.05, 0) is 35.7 Å². The molecule has 2 aliphatic rings. The van der Waals surface area contributed by atoms with Crippen molar-refractivity contribution >= 4 is 6.29 Å². The summed E-state index contributed by atoms with van der Waals surface area (Å²) in [6.07, 6.45) is 4.95. The molecule has 1 heteroatoms. The molecule has 0 saturated heterocycles. The first-order chi connectivity index (χ1) is 8.54. The molecule has 1 nitrogen and oxygen atoms in total. The van der Waals surface area contributed by atoms with Gasteiger partial charge in [0, 0.05) is 11.0 Å². The van der Waals surface area contributed by atoms with Crippen LogP contribution in [-0.2, 0) is 5.41 Å². The molecule has 96 valence electrons. The predicted molar refractivity (Wildman–Crippen MR) is 73.8 cm³/mol. The molecule has 18 heavy (non-hydrogen) atoms. The number of carbonyl (C=O) groups excluding carboxylic acids is 1. The Balaban J connectivity index is 2.12. The van der Waals surface area contributed by atoms with Crippen molar-refractivity contribution in [3.05, 3.63) is 35.4 Å². The van der Waals surface area contributed by atoms with E-state index in [4.69, 9.17) is 0 Å². The van der Waals surface area contributed by atoms with E-state index in [1.54, 1.807) is 0 Å². The lowest BCUT2D eigenvalue weighted by Gasteiger charge is -2.29. The Bertz CT molecular complexity index is 488. The smallest absolute Gasteiger partial charge is 0.150 e. The maximum Gasteiger partial charge on any atom is 0.150 e. The molecule has 0 radical (unpaired) electrons. The third kappa shape index (κ3) is 1.31. The quantitative estimate of drug-likeness (QED) is 0.710. The third-order valence-electron chi connectivity index (χ3n) is 5.72. The Morgan fingerprint density at radius 3 is 2.67 bits per heavy atom. The van der Waals surface area contributed by atoms with Crippen molar-refractivity contribution in [3.8, 4) is 0 Å². The van der Waals surface area contributed by atoms with Gasteiger partial charge in [-0.25, -0.2) is 0 Å². The second kappa shape index (κ2) is 3.69. The van der Waals surface area contributed by atoms with Crippen LogP contribution in [0.4, 0.5) is 0 Å². The van der Waals surface area contributed by atoms with Gasteiger partial charge in [0.05, 0.1) is 0 Å². The Morgan fingerprint density at radius 2 is 1.94 bits per heavy atom. The Labute approximate surface area is 110 Å². The van der Waals surface area contributed by atoms with Crippen molar-refractivity contribution in [2.24, 2.45) is 17.3 Å². The van der Waals surface area contributed by atoms with Crippen LogP contribution in [0.3, 0.4) is 0 Å². The van der Waals surface area contributed by atoms with E-state index in [1.165, 1.54) is 24.8 Å². The molecule has 2 fully saturated rings. The SMILES string of the molecule is CC1CCC2C(C)(C)C2(c2ccccc2C=O)C1. The van der Waals surface area contributed by atoms with Crippen LogP contribution in [0.15, 0.2) is 24.3 Å². The van der Waals surface area contributed by atoms with Crippen molar-refractivity contribution in [1.82, 2.24) is 0 Å². The zero-order valence-electron chi connectivity index (χ0n) is 11.6. The highest BCUT2D eigenvalue weighted by Crippen LogP contribution is 2.75. The molecule has 0 spiro atoms. The molecule has 0 bridgehead atoms. The summed E-state index contributed by atoms with van der Waals surface area (Å²) in [4.78, 5) is 11.3. The highest BCUT2D eigenvalue weighted by Gasteiger charge is 2.72. The lowest BCUT2D eigenvalue weighted by atomic mass is 9.75. The van der Waals surface area contributed by atoms with E-state index in [2.05, 4.69) is 32.9 Å². The van der Waals surface area contributed by atoms with Gasteiger partial charge < -0.3 is 0 Å². The summed E-state index contributed by atoms with van der Waals surface area (Å²) < 4.78 is 0. The summed E-state index contributed by atoms with van der Waals surface area (Å²) in [6.45, 7) is 7.13. The van der Waals surface area contributed by atoms with Gasteiger partial charge in [-0.1, -0.05) is 51.5 Å². The van der Waals surface area contributed by atoms with Crippen LogP contribution < -0.4 is 0 Å². The molecule has 0 aromatic heterocycles. The van der Waals surface area contributed by atoms with Gasteiger partial charge in [0.15, 0.2) is 0 Å². The molecule has 0 amide bonds. The van der Waals surface area contributed by atoms with E-state index in [-0.39, 0.29) is 5.41 Å². The second-order valence-corrected chi connectivity index (χ2v) is 6.84. The number of fused-ring (bicyclic) bond motifs is 1. The molecule has 3 rings (SSSR count). The molecular formula is C17H22O. The first kappa shape index (κ1) is 12.0. The monoisotopic (exact) mass is 242 g/mol. The van der Waals surface area contributed by atoms with Crippen LogP contribution in [0.5, 0.6) is 0 Å². The predicted octanol–water partition coefficient (Wildman–Crippen LogP) is 4.21. The average Bonchev–Trinajstić information content (AvgIpc) is 2.86. The lowest BCUT2D eigenvalue weighted by Crippen LogP contribution is -2.23. The van der Waals surface area contributed by atoms with Crippen LogP contribution in [0, 0.1) is 17.3 Å². The van der Waals surface area contributed by atoms with Gasteiger partial charge in [0.25, 0.3) is 0 Å². The Morgan fingerprint density at radius 1 is 1.22 bits per heavy atom. The first-order valence-electron chi connectivity index (χ1n) is 7.08. The van der Waals surface area contributed by atoms with Gasteiger partial charge in [0.1, 0.15) is 6.29 Å². The Hall–Kier alpha value is -1.11. The third-order valence-corrected chi connectivity index (χ3v) is 5.72. The summed E-state index contributed by atoms with van der Waals surface area (Å²) in [5.74, 6) is 1.55. The van der Waals surface area contributed by atoms with E-state index in [1.807, 2.05) is 12.1 Å². The van der Waals surface area contributed by atoms with Crippen LogP contribution in [-0.4, -0.2) is 6.29 Å². The van der Waals surface area contributed by atoms with Gasteiger partial charge >= 0.3 is 0 Å². The zero-order chi connectivity index (χ0) is 13.0. The fourth-order valence-electron chi connectivity index (χ4n) is 4.73. The van der Waals surface area contributed by atoms with Crippen LogP contribution >= 0.6 is 0 Å². The fourth-order valence-corrected chi connectivity index (χ4v) is 4.73. The zero-order valence-corrected chi connectivity index (χ0v) is 11.6. The largest absolute Gasteiger partial charge is 0.298 e. The van der Waals surface area contributed by atoms with E-state index in [0.29, 0.717) is 5.41 Å². The average molecular weight is 242 g/mol. The standard InChI is InChI=1S/C17H22O/c1-12-8-9-15-16(2,3)17(15,10-12)14-7-5-4-6-13(14)11-18/h4-7,11-12,15H,8-10H2,1-3H3. The molecule has 0 heterocycles. The second-order valence-electron chi connectivity index (χ2n) is 6.84. The Kier molecular flexibility index (Phi) is 2.45. The van der Waals surface area contributed by atoms with E-state index < -0.39 is 0 Å². The number of hydrogen-bond donors (Lipinski definition) is 0. The number of benzene rings is 1. The van der Waals surface area contributed by atoms with E-state index >= 15 is 0 Å². The van der Waals surface area contributed by atoms with E-state index in [0.717, 1.165) is 23.7 Å². The fraction of sp³-hybridized carbons (Fsp3) is 0.588. The first-order valence-corrected chi connectivity index (χ1v) is 7.08. The summed E-state index contributed by atoms with van der Waals surface area (Å²) in [7, 11) is 0. The minimum Gasteiger partial charge on any atom is -0.298 e. The highest BCUT2D eigenvalue weighted by molar-refractivity contribution is 5.79. The number of hydrogen-bond acceptors (Lipinski definition) is 1. The highest BCUT2D eigenvalue weighted by atomic mass is 16.1. The van der Waals surface area contributed by atoms with Gasteiger partial charge in [0.2, 0.25) is 0 Å². The van der Waals surface area contributed by atoms with Gasteiger partial charge in [-0.2, -0.15) is 0 Å². The molecule has 3 atom stereocenters. The molecule has 2 saturated carbocycles. The summed E-state index contributed by atoms with van der Waals surface area (Å²) in [6, 6.07) is 8.22. The van der Waals surface area contributed by atoms with Crippen molar-refractivity contribution < 1.29 is 4.79 Å². The maximum absolute atomic E-state index is 11.3. The molecule has 1 aromatic carbocycles. The normalized spacial score (nSPS) is 36.8. The molecule has 0 N–H and O–H groups in total. The summed E-state index contributed by atoms with van der Waals surface area (Å²) in [5.41, 5.74) is 2.84. The van der Waals surface area contributed by atoms with Crippen LogP contribution in [0.1, 0.15) is 56.0 Å². The van der Waals surface area contributed by atoms with Crippen LogP contribution in [0.2, 0.25) is 0 Å². The molecular weight excluding hydrogens is 220 g/mol. The topological polar surface area (TPSA) is 17.1 Å². The minimum atomic E-state index is 0.266. The minimum absolute atomic E-state index is 0.266. The molecule has 1 aromatic rings. The van der Waals surface area contributed by atoms with Gasteiger partial charge in [-0.15, -0.1) is 0 Å². The lowest BCUT2D eigenvalue weighted by molar-refractivity contribution is 0.112. The summed E-state index contributed by atoms with van der Waals surface area (Å²) >= 11 is 0. The molecule has 3 unspecified atom stereocenters. The number of rotatable bonds is 2. The summed E-state index contributed by atoms with van der Waals surface area (Å²) in [5, 5.41) is 0. The molecule has 2 aliphatic carbocycles. The number of aldehydes is 1. The van der Waals surface area contributed by atoms with Crippen molar-refractivity contribution in [1.29, 1.82) is 0 Å². The van der Waals surface area contributed by atoms with Crippen molar-refractivity contribution in [3.63, 3.8) is 0 Å². The van der Waals surface area contributed by atoms with Crippen molar-refractivity contribution in [2.75, 3.05) is 0 Å². The van der Waals surface area contributed by atoms with Gasteiger partial charge in [-0.3, -0.25) is 4.79 Å². The van der Waals surface area contributed by atoms with E-state index in [9.17, 15) is 4.79 Å². The van der Waals surface area contributed by atoms with Crippen LogP contribution in [0.25, 0.3) is 0 Å². The maximum atomic E-state index is 11.3. The molecule has 0 aliphatic heterocycles.